The van der Waals surface area contributed by atoms with Gasteiger partial charge in [0.15, 0.2) is 0 Å². The zero-order valence-corrected chi connectivity index (χ0v) is 23.8. The quantitative estimate of drug-likeness (QED) is 0.181. The van der Waals surface area contributed by atoms with Crippen LogP contribution in [0, 0.1) is 0 Å². The van der Waals surface area contributed by atoms with Crippen LogP contribution in [0.15, 0.2) is 165 Å². The molecule has 0 bridgehead atoms. The molecule has 0 fully saturated rings. The number of hydrogen-bond acceptors (Lipinski definition) is 4. The van der Waals surface area contributed by atoms with Crippen LogP contribution in [0.5, 0.6) is 0 Å². The fourth-order valence-corrected chi connectivity index (χ4v) is 5.23. The molecule has 0 aliphatic rings. The molecule has 0 spiro atoms. The second-order valence-corrected chi connectivity index (χ2v) is 11.4. The Morgan fingerprint density at radius 1 is 0.324 bits per heavy atom. The summed E-state index contributed by atoms with van der Waals surface area (Å²) in [5, 5.41) is 7.37. The molecule has 0 heterocycles. The molecule has 4 aromatic rings. The number of hydrogen-bond donors (Lipinski definition) is 0. The maximum atomic E-state index is 3.72. The third-order valence-corrected chi connectivity index (χ3v) is 7.81. The lowest BCUT2D eigenvalue weighted by atomic mass is 10.1. The Kier molecular flexibility index (Phi) is 13.9. The highest BCUT2D eigenvalue weighted by Gasteiger charge is 2.00. The van der Waals surface area contributed by atoms with Gasteiger partial charge in [-0.05, 0) is 92.4 Å². The lowest BCUT2D eigenvalue weighted by Crippen LogP contribution is -1.78. The number of benzene rings is 4. The molecule has 5 heteroatoms. The van der Waals surface area contributed by atoms with E-state index in [1.807, 2.05) is 21.6 Å². The minimum absolute atomic E-state index is 0. The maximum Gasteiger partial charge on any atom is 0.0116 e. The smallest absolute Gasteiger partial charge is 0.0116 e. The largest absolute Gasteiger partial charge is 0.412 e. The van der Waals surface area contributed by atoms with Crippen molar-refractivity contribution in [3.05, 3.63) is 145 Å². The first-order chi connectivity index (χ1) is 17.7. The van der Waals surface area contributed by atoms with Crippen molar-refractivity contribution in [1.82, 2.24) is 0 Å². The highest BCUT2D eigenvalue weighted by molar-refractivity contribution is 8.02. The van der Waals surface area contributed by atoms with E-state index in [9.17, 15) is 0 Å². The van der Waals surface area contributed by atoms with Crippen LogP contribution < -0.4 is 0 Å². The van der Waals surface area contributed by atoms with E-state index in [1.165, 1.54) is 41.8 Å². The molecular formula is C32H30OS4. The van der Waals surface area contributed by atoms with Gasteiger partial charge >= 0.3 is 0 Å². The van der Waals surface area contributed by atoms with E-state index < -0.39 is 0 Å². The Morgan fingerprint density at radius 3 is 0.622 bits per heavy atom. The molecule has 1 nitrogen and oxygen atoms in total. The monoisotopic (exact) mass is 558 g/mol. The summed E-state index contributed by atoms with van der Waals surface area (Å²) in [5.74, 6) is 0. The normalized spacial score (nSPS) is 9.73. The fourth-order valence-electron chi connectivity index (χ4n) is 3.29. The summed E-state index contributed by atoms with van der Waals surface area (Å²) in [5.41, 5.74) is 4.94. The van der Waals surface area contributed by atoms with Crippen molar-refractivity contribution in [3.8, 4) is 22.3 Å². The highest BCUT2D eigenvalue weighted by atomic mass is 32.2. The Bertz CT molecular complexity index is 1050. The molecule has 2 N–H and O–H groups in total. The average Bonchev–Trinajstić information content (AvgIpc) is 2.92. The van der Waals surface area contributed by atoms with E-state index in [4.69, 9.17) is 0 Å². The van der Waals surface area contributed by atoms with Gasteiger partial charge in [-0.2, -0.15) is 0 Å². The van der Waals surface area contributed by atoms with Crippen LogP contribution in [-0.4, -0.2) is 5.48 Å². The van der Waals surface area contributed by atoms with Crippen molar-refractivity contribution in [2.45, 2.75) is 19.6 Å². The first kappa shape index (κ1) is 30.4. The fraction of sp³-hybridized carbons (Fsp3) is 0. The summed E-state index contributed by atoms with van der Waals surface area (Å²) in [6.45, 7) is 14.9. The molecule has 0 amide bonds. The maximum absolute atomic E-state index is 3.72. The molecule has 4 aromatic carbocycles. The van der Waals surface area contributed by atoms with Gasteiger partial charge in [-0.1, -0.05) is 122 Å². The van der Waals surface area contributed by atoms with Gasteiger partial charge in [0.1, 0.15) is 0 Å². The molecule has 0 unspecified atom stereocenters. The molecular weight excluding hydrogens is 529 g/mol. The van der Waals surface area contributed by atoms with Crippen LogP contribution in [0.1, 0.15) is 0 Å². The van der Waals surface area contributed by atoms with Crippen molar-refractivity contribution < 1.29 is 5.48 Å². The minimum Gasteiger partial charge on any atom is -0.412 e. The first-order valence-electron chi connectivity index (χ1n) is 11.2. The molecule has 0 radical (unpaired) electrons. The SMILES string of the molecule is C=CSc1ccc(-c2ccc(SC=C)cc2)cc1.C=CSc1ccc(-c2ccc(SC=C)cc2)cc1.O. The molecule has 0 saturated carbocycles. The van der Waals surface area contributed by atoms with Crippen molar-refractivity contribution in [2.24, 2.45) is 0 Å². The van der Waals surface area contributed by atoms with Gasteiger partial charge in [0, 0.05) is 19.6 Å². The summed E-state index contributed by atoms with van der Waals surface area (Å²) >= 11 is 6.55. The number of thioether (sulfide) groups is 4. The predicted octanol–water partition coefficient (Wildman–Crippen LogP) is 10.8. The lowest BCUT2D eigenvalue weighted by molar-refractivity contribution is 0.824. The molecule has 188 valence electrons. The van der Waals surface area contributed by atoms with E-state index in [2.05, 4.69) is 123 Å². The number of rotatable bonds is 10. The summed E-state index contributed by atoms with van der Waals surface area (Å²) in [4.78, 5) is 4.86. The van der Waals surface area contributed by atoms with Gasteiger partial charge in [-0.25, -0.2) is 0 Å². The van der Waals surface area contributed by atoms with Crippen molar-refractivity contribution in [3.63, 3.8) is 0 Å². The lowest BCUT2D eigenvalue weighted by Gasteiger charge is -2.04. The molecule has 0 aliphatic heterocycles. The van der Waals surface area contributed by atoms with Gasteiger partial charge in [0.05, 0.1) is 0 Å². The average molecular weight is 559 g/mol. The molecule has 0 aliphatic carbocycles. The van der Waals surface area contributed by atoms with Crippen molar-refractivity contribution in [2.75, 3.05) is 0 Å². The molecule has 0 aromatic heterocycles. The zero-order chi connectivity index (χ0) is 25.6. The van der Waals surface area contributed by atoms with Crippen LogP contribution in [-0.2, 0) is 0 Å². The van der Waals surface area contributed by atoms with Crippen molar-refractivity contribution >= 4 is 47.0 Å². The van der Waals surface area contributed by atoms with Gasteiger partial charge in [0.2, 0.25) is 0 Å². The Hall–Kier alpha value is -2.80. The Labute approximate surface area is 238 Å². The molecule has 0 saturated heterocycles. The summed E-state index contributed by atoms with van der Waals surface area (Å²) in [6, 6.07) is 34.1. The zero-order valence-electron chi connectivity index (χ0n) is 20.5. The van der Waals surface area contributed by atoms with Crippen LogP contribution in [0.3, 0.4) is 0 Å². The Morgan fingerprint density at radius 2 is 0.486 bits per heavy atom. The predicted molar refractivity (Wildman–Crippen MR) is 172 cm³/mol. The van der Waals surface area contributed by atoms with Crippen molar-refractivity contribution in [1.29, 1.82) is 0 Å². The highest BCUT2D eigenvalue weighted by Crippen LogP contribution is 2.28. The standard InChI is InChI=1S/2C16H14S2.H2O/c2*1-3-17-15-9-5-13(6-10-15)14-7-11-16(12-8-14)18-4-2;/h2*3-12H,1-2H2;1H2. The van der Waals surface area contributed by atoms with E-state index in [-0.39, 0.29) is 5.48 Å². The molecule has 0 atom stereocenters. The van der Waals surface area contributed by atoms with Crippen LogP contribution in [0.2, 0.25) is 0 Å². The minimum atomic E-state index is 0. The van der Waals surface area contributed by atoms with E-state index in [1.54, 1.807) is 47.0 Å². The van der Waals surface area contributed by atoms with Gasteiger partial charge in [-0.15, -0.1) is 0 Å². The topological polar surface area (TPSA) is 31.5 Å². The second kappa shape index (κ2) is 16.8. The third-order valence-electron chi connectivity index (χ3n) is 4.96. The molecule has 4 rings (SSSR count). The first-order valence-corrected chi connectivity index (χ1v) is 14.7. The van der Waals surface area contributed by atoms with E-state index in [0.29, 0.717) is 0 Å². The van der Waals surface area contributed by atoms with E-state index in [0.717, 1.165) is 0 Å². The Balaban J connectivity index is 0.000000253. The summed E-state index contributed by atoms with van der Waals surface area (Å²) < 4.78 is 0. The van der Waals surface area contributed by atoms with Gasteiger partial charge < -0.3 is 5.48 Å². The summed E-state index contributed by atoms with van der Waals surface area (Å²) in [7, 11) is 0. The van der Waals surface area contributed by atoms with E-state index >= 15 is 0 Å². The van der Waals surface area contributed by atoms with Crippen LogP contribution >= 0.6 is 47.0 Å². The van der Waals surface area contributed by atoms with Crippen LogP contribution in [0.4, 0.5) is 0 Å². The third kappa shape index (κ3) is 9.88. The van der Waals surface area contributed by atoms with Gasteiger partial charge in [-0.3, -0.25) is 0 Å². The summed E-state index contributed by atoms with van der Waals surface area (Å²) in [6.07, 6.45) is 0. The molecule has 37 heavy (non-hydrogen) atoms. The van der Waals surface area contributed by atoms with Gasteiger partial charge in [0.25, 0.3) is 0 Å². The second-order valence-electron chi connectivity index (χ2n) is 7.24. The van der Waals surface area contributed by atoms with Crippen LogP contribution in [0.25, 0.3) is 22.3 Å².